The number of carbonyl (C=O) groups is 3. The average Bonchev–Trinajstić information content (AvgIpc) is 3.58. The van der Waals surface area contributed by atoms with Gasteiger partial charge in [-0.2, -0.15) is 10.4 Å². The Hall–Kier alpha value is -3.71. The van der Waals surface area contributed by atoms with Gasteiger partial charge in [0.25, 0.3) is 5.91 Å². The lowest BCUT2D eigenvalue weighted by atomic mass is 9.81. The van der Waals surface area contributed by atoms with Gasteiger partial charge in [0.05, 0.1) is 41.8 Å². The monoisotopic (exact) mass is 476 g/mol. The number of methoxy groups -OCH3 is 1. The van der Waals surface area contributed by atoms with Gasteiger partial charge < -0.3 is 20.3 Å². The molecule has 182 valence electrons. The molecule has 1 atom stereocenters. The molecule has 2 heterocycles. The van der Waals surface area contributed by atoms with E-state index < -0.39 is 0 Å². The van der Waals surface area contributed by atoms with E-state index in [1.807, 2.05) is 6.92 Å². The molecule has 1 aliphatic heterocycles. The first-order valence-electron chi connectivity index (χ1n) is 11.9. The summed E-state index contributed by atoms with van der Waals surface area (Å²) in [5, 5.41) is 19.8. The maximum absolute atomic E-state index is 13.2. The normalized spacial score (nSPS) is 23.2. The highest BCUT2D eigenvalue weighted by Crippen LogP contribution is 2.35. The molecule has 10 nitrogen and oxygen atoms in total. The molecule has 0 radical (unpaired) electrons. The van der Waals surface area contributed by atoms with E-state index in [9.17, 15) is 19.6 Å². The van der Waals surface area contributed by atoms with Crippen molar-refractivity contribution in [1.29, 1.82) is 5.26 Å². The predicted octanol–water partition coefficient (Wildman–Crippen LogP) is 2.29. The average molecular weight is 477 g/mol. The van der Waals surface area contributed by atoms with E-state index in [0.717, 1.165) is 12.8 Å². The van der Waals surface area contributed by atoms with Crippen LogP contribution in [0, 0.1) is 23.2 Å². The van der Waals surface area contributed by atoms with Crippen molar-refractivity contribution in [2.45, 2.75) is 44.8 Å². The van der Waals surface area contributed by atoms with E-state index >= 15 is 0 Å². The third-order valence-electron chi connectivity index (χ3n) is 7.02. The number of fused-ring (bicyclic) bond motifs is 1. The van der Waals surface area contributed by atoms with Gasteiger partial charge in [-0.1, -0.05) is 0 Å². The number of rotatable bonds is 7. The Bertz CT molecular complexity index is 1220. The van der Waals surface area contributed by atoms with E-state index in [2.05, 4.69) is 21.8 Å². The van der Waals surface area contributed by atoms with Crippen molar-refractivity contribution in [3.8, 4) is 17.3 Å². The van der Waals surface area contributed by atoms with Crippen molar-refractivity contribution >= 4 is 23.4 Å². The maximum Gasteiger partial charge on any atom is 0.273 e. The lowest BCUT2D eigenvalue weighted by Gasteiger charge is -2.35. The van der Waals surface area contributed by atoms with Gasteiger partial charge in [-0.15, -0.1) is 0 Å². The van der Waals surface area contributed by atoms with Gasteiger partial charge in [-0.05, 0) is 56.9 Å². The predicted molar refractivity (Wildman–Crippen MR) is 126 cm³/mol. The molecule has 3 amide bonds. The van der Waals surface area contributed by atoms with Crippen LogP contribution in [0.15, 0.2) is 24.3 Å². The van der Waals surface area contributed by atoms with Gasteiger partial charge in [0.15, 0.2) is 0 Å². The third kappa shape index (κ3) is 4.51. The quantitative estimate of drug-likeness (QED) is 0.631. The zero-order valence-corrected chi connectivity index (χ0v) is 19.8. The van der Waals surface area contributed by atoms with E-state index in [-0.39, 0.29) is 48.4 Å². The minimum Gasteiger partial charge on any atom is -0.381 e. The molecule has 5 rings (SSSR count). The fraction of sp³-hybridized carbons (Fsp3) is 0.480. The first-order valence-corrected chi connectivity index (χ1v) is 11.9. The first kappa shape index (κ1) is 23.1. The van der Waals surface area contributed by atoms with Crippen LogP contribution >= 0.6 is 0 Å². The molecule has 2 aliphatic carbocycles. The van der Waals surface area contributed by atoms with Crippen LogP contribution in [0.25, 0.3) is 11.3 Å². The molecule has 0 saturated heterocycles. The second kappa shape index (κ2) is 9.15. The Morgan fingerprint density at radius 3 is 2.66 bits per heavy atom. The molecule has 0 spiro atoms. The number of benzene rings is 1. The second-order valence-electron chi connectivity index (χ2n) is 9.60. The summed E-state index contributed by atoms with van der Waals surface area (Å²) in [6, 6.07) is 8.75. The number of hydrogen-bond donors (Lipinski definition) is 2. The number of nitrogens with zero attached hydrogens (tertiary/aromatic N) is 4. The number of ether oxygens (including phenoxy) is 1. The van der Waals surface area contributed by atoms with Crippen molar-refractivity contribution < 1.29 is 19.1 Å². The molecule has 2 saturated carbocycles. The lowest BCUT2D eigenvalue weighted by molar-refractivity contribution is -0.133. The summed E-state index contributed by atoms with van der Waals surface area (Å²) in [5.74, 6) is -0.417. The van der Waals surface area contributed by atoms with Gasteiger partial charge in [0, 0.05) is 31.1 Å². The Labute approximate surface area is 203 Å². The number of amides is 3. The highest BCUT2D eigenvalue weighted by atomic mass is 16.5. The molecule has 1 aromatic heterocycles. The molecule has 2 N–H and O–H groups in total. The van der Waals surface area contributed by atoms with Crippen LogP contribution in [0.1, 0.15) is 54.7 Å². The zero-order chi connectivity index (χ0) is 24.7. The van der Waals surface area contributed by atoms with Crippen LogP contribution in [-0.2, 0) is 14.3 Å². The molecule has 3 aliphatic rings. The van der Waals surface area contributed by atoms with Crippen molar-refractivity contribution in [2.75, 3.05) is 25.6 Å². The standard InChI is InChI=1S/C25H28N6O4/c1-14-12-30(13-27-23(32)17-8-18(9-17)35-2)25(34)22-10-21(29-31(14)22)19-6-3-15(11-26)7-20(19)28-24(33)16-4-5-16/h3,6-7,10,14,16-18H,4-5,8-9,12-13H2,1-2H3,(H,27,32)(H,28,33)/t14-,17?,18?/m0/s1. The number of nitriles is 1. The summed E-state index contributed by atoms with van der Waals surface area (Å²) >= 11 is 0. The molecule has 0 bridgehead atoms. The van der Waals surface area contributed by atoms with E-state index in [4.69, 9.17) is 4.74 Å². The summed E-state index contributed by atoms with van der Waals surface area (Å²) in [6.07, 6.45) is 3.27. The molecular weight excluding hydrogens is 448 g/mol. The first-order chi connectivity index (χ1) is 16.9. The van der Waals surface area contributed by atoms with Crippen molar-refractivity contribution in [3.63, 3.8) is 0 Å². The summed E-state index contributed by atoms with van der Waals surface area (Å²) in [5.41, 5.74) is 2.55. The van der Waals surface area contributed by atoms with Crippen molar-refractivity contribution in [3.05, 3.63) is 35.5 Å². The lowest BCUT2D eigenvalue weighted by Crippen LogP contribution is -2.50. The van der Waals surface area contributed by atoms with Crippen LogP contribution in [-0.4, -0.2) is 58.8 Å². The molecule has 10 heteroatoms. The van der Waals surface area contributed by atoms with Crippen LogP contribution in [0.4, 0.5) is 5.69 Å². The van der Waals surface area contributed by atoms with Crippen LogP contribution in [0.2, 0.25) is 0 Å². The van der Waals surface area contributed by atoms with Gasteiger partial charge in [0.2, 0.25) is 11.8 Å². The Morgan fingerprint density at radius 1 is 1.20 bits per heavy atom. The third-order valence-corrected chi connectivity index (χ3v) is 7.02. The Balaban J connectivity index is 1.34. The van der Waals surface area contributed by atoms with Crippen LogP contribution in [0.3, 0.4) is 0 Å². The summed E-state index contributed by atoms with van der Waals surface area (Å²) in [6.45, 7) is 2.51. The molecule has 2 aromatic rings. The zero-order valence-electron chi connectivity index (χ0n) is 19.8. The molecule has 0 unspecified atom stereocenters. The summed E-state index contributed by atoms with van der Waals surface area (Å²) < 4.78 is 6.92. The smallest absolute Gasteiger partial charge is 0.273 e. The minimum atomic E-state index is -0.220. The SMILES string of the molecule is COC1CC(C(=O)NCN2C[C@H](C)n3nc(-c4ccc(C#N)cc4NC(=O)C4CC4)cc3C2=O)C1. The fourth-order valence-electron chi connectivity index (χ4n) is 4.61. The van der Waals surface area contributed by atoms with Gasteiger partial charge in [-0.25, -0.2) is 0 Å². The van der Waals surface area contributed by atoms with Crippen molar-refractivity contribution in [2.24, 2.45) is 11.8 Å². The van der Waals surface area contributed by atoms with E-state index in [1.54, 1.807) is 41.0 Å². The Morgan fingerprint density at radius 2 is 1.97 bits per heavy atom. The largest absolute Gasteiger partial charge is 0.381 e. The van der Waals surface area contributed by atoms with Crippen LogP contribution in [0.5, 0.6) is 0 Å². The van der Waals surface area contributed by atoms with Gasteiger partial charge in [-0.3, -0.25) is 19.1 Å². The second-order valence-corrected chi connectivity index (χ2v) is 9.60. The molecule has 2 fully saturated rings. The number of nitrogens with one attached hydrogen (secondary N) is 2. The van der Waals surface area contributed by atoms with E-state index in [0.29, 0.717) is 47.6 Å². The minimum absolute atomic E-state index is 0.00878. The highest BCUT2D eigenvalue weighted by molar-refractivity contribution is 5.99. The topological polar surface area (TPSA) is 129 Å². The van der Waals surface area contributed by atoms with E-state index in [1.165, 1.54) is 0 Å². The van der Waals surface area contributed by atoms with Crippen LogP contribution < -0.4 is 10.6 Å². The molecule has 1 aromatic carbocycles. The number of carbonyl (C=O) groups excluding carboxylic acids is 3. The number of aromatic nitrogens is 2. The fourth-order valence-corrected chi connectivity index (χ4v) is 4.61. The Kier molecular flexibility index (Phi) is 6.03. The van der Waals surface area contributed by atoms with Crippen molar-refractivity contribution in [1.82, 2.24) is 20.0 Å². The highest BCUT2D eigenvalue weighted by Gasteiger charge is 2.36. The van der Waals surface area contributed by atoms with Gasteiger partial charge in [0.1, 0.15) is 5.69 Å². The number of anilines is 1. The summed E-state index contributed by atoms with van der Waals surface area (Å²) in [7, 11) is 1.64. The molecule has 35 heavy (non-hydrogen) atoms. The molecular formula is C25H28N6O4. The summed E-state index contributed by atoms with van der Waals surface area (Å²) in [4.78, 5) is 39.6. The van der Waals surface area contributed by atoms with Gasteiger partial charge >= 0.3 is 0 Å². The maximum atomic E-state index is 13.2. The number of hydrogen-bond acceptors (Lipinski definition) is 6.